The van der Waals surface area contributed by atoms with Crippen molar-refractivity contribution in [1.82, 2.24) is 5.32 Å². The second-order valence-electron chi connectivity index (χ2n) is 3.59. The SMILES string of the molecule is NCCCCNC(=O)COc1ccc(I)cc1. The van der Waals surface area contributed by atoms with Crippen molar-refractivity contribution in [2.24, 2.45) is 5.73 Å². The van der Waals surface area contributed by atoms with Crippen LogP contribution in [0.2, 0.25) is 0 Å². The van der Waals surface area contributed by atoms with E-state index in [2.05, 4.69) is 27.9 Å². The summed E-state index contributed by atoms with van der Waals surface area (Å²) in [5.41, 5.74) is 5.35. The highest BCUT2D eigenvalue weighted by molar-refractivity contribution is 14.1. The van der Waals surface area contributed by atoms with Crippen LogP contribution in [-0.2, 0) is 4.79 Å². The van der Waals surface area contributed by atoms with E-state index in [4.69, 9.17) is 10.5 Å². The van der Waals surface area contributed by atoms with Gasteiger partial charge in [0.05, 0.1) is 0 Å². The third-order valence-corrected chi connectivity index (χ3v) is 2.86. The fraction of sp³-hybridized carbons (Fsp3) is 0.417. The van der Waals surface area contributed by atoms with E-state index >= 15 is 0 Å². The van der Waals surface area contributed by atoms with E-state index in [0.29, 0.717) is 18.8 Å². The molecule has 0 radical (unpaired) electrons. The van der Waals surface area contributed by atoms with E-state index in [9.17, 15) is 4.79 Å². The van der Waals surface area contributed by atoms with Crippen LogP contribution in [0.5, 0.6) is 5.75 Å². The van der Waals surface area contributed by atoms with Crippen LogP contribution in [0.15, 0.2) is 24.3 Å². The lowest BCUT2D eigenvalue weighted by Crippen LogP contribution is -2.29. The number of amides is 1. The van der Waals surface area contributed by atoms with Crippen molar-refractivity contribution >= 4 is 28.5 Å². The van der Waals surface area contributed by atoms with Crippen molar-refractivity contribution < 1.29 is 9.53 Å². The van der Waals surface area contributed by atoms with Crippen LogP contribution in [0.4, 0.5) is 0 Å². The van der Waals surface area contributed by atoms with Gasteiger partial charge in [-0.2, -0.15) is 0 Å². The maximum atomic E-state index is 11.4. The van der Waals surface area contributed by atoms with Gasteiger partial charge in [-0.25, -0.2) is 0 Å². The lowest BCUT2D eigenvalue weighted by molar-refractivity contribution is -0.123. The number of benzene rings is 1. The zero-order chi connectivity index (χ0) is 12.5. The third kappa shape index (κ3) is 6.48. The normalized spacial score (nSPS) is 10.0. The van der Waals surface area contributed by atoms with Crippen molar-refractivity contribution in [3.8, 4) is 5.75 Å². The zero-order valence-corrected chi connectivity index (χ0v) is 11.8. The molecule has 0 saturated carbocycles. The fourth-order valence-electron chi connectivity index (χ4n) is 1.23. The van der Waals surface area contributed by atoms with Crippen molar-refractivity contribution in [2.75, 3.05) is 19.7 Å². The van der Waals surface area contributed by atoms with Gasteiger partial charge >= 0.3 is 0 Å². The highest BCUT2D eigenvalue weighted by atomic mass is 127. The highest BCUT2D eigenvalue weighted by Crippen LogP contribution is 2.13. The Morgan fingerprint density at radius 3 is 2.65 bits per heavy atom. The first kappa shape index (κ1) is 14.2. The summed E-state index contributed by atoms with van der Waals surface area (Å²) in [6.45, 7) is 1.38. The monoisotopic (exact) mass is 348 g/mol. The van der Waals surface area contributed by atoms with Crippen LogP contribution in [-0.4, -0.2) is 25.6 Å². The average molecular weight is 348 g/mol. The van der Waals surface area contributed by atoms with E-state index in [1.165, 1.54) is 0 Å². The minimum absolute atomic E-state index is 0.0587. The summed E-state index contributed by atoms with van der Waals surface area (Å²) in [5.74, 6) is 0.614. The first-order valence-corrected chi connectivity index (χ1v) is 6.65. The molecule has 1 amide bonds. The Kier molecular flexibility index (Phi) is 6.95. The minimum atomic E-state index is -0.0967. The Labute approximate surface area is 115 Å². The molecule has 5 heteroatoms. The maximum Gasteiger partial charge on any atom is 0.257 e. The molecular weight excluding hydrogens is 331 g/mol. The molecule has 1 aromatic carbocycles. The van der Waals surface area contributed by atoms with Gasteiger partial charge in [0, 0.05) is 10.1 Å². The van der Waals surface area contributed by atoms with Crippen molar-refractivity contribution in [2.45, 2.75) is 12.8 Å². The van der Waals surface area contributed by atoms with Crippen molar-refractivity contribution in [1.29, 1.82) is 0 Å². The number of rotatable bonds is 7. The van der Waals surface area contributed by atoms with E-state index in [0.717, 1.165) is 16.4 Å². The number of carbonyl (C=O) groups excluding carboxylic acids is 1. The molecule has 4 nitrogen and oxygen atoms in total. The molecule has 0 saturated heterocycles. The number of halogens is 1. The summed E-state index contributed by atoms with van der Waals surface area (Å²) < 4.78 is 6.48. The Morgan fingerprint density at radius 2 is 2.00 bits per heavy atom. The van der Waals surface area contributed by atoms with Gasteiger partial charge in [0.25, 0.3) is 5.91 Å². The fourth-order valence-corrected chi connectivity index (χ4v) is 1.59. The first-order chi connectivity index (χ1) is 8.22. The molecule has 0 aliphatic rings. The molecule has 0 bridgehead atoms. The highest BCUT2D eigenvalue weighted by Gasteiger charge is 2.01. The molecule has 1 aromatic rings. The van der Waals surface area contributed by atoms with Gasteiger partial charge in [-0.15, -0.1) is 0 Å². The van der Waals surface area contributed by atoms with Crippen LogP contribution in [0, 0.1) is 3.57 Å². The largest absolute Gasteiger partial charge is 0.484 e. The number of nitrogens with one attached hydrogen (secondary N) is 1. The van der Waals surface area contributed by atoms with E-state index in [-0.39, 0.29) is 12.5 Å². The zero-order valence-electron chi connectivity index (χ0n) is 9.62. The molecule has 1 rings (SSSR count). The maximum absolute atomic E-state index is 11.4. The topological polar surface area (TPSA) is 64.3 Å². The van der Waals surface area contributed by atoms with Crippen LogP contribution in [0.25, 0.3) is 0 Å². The average Bonchev–Trinajstić information content (AvgIpc) is 2.34. The second-order valence-corrected chi connectivity index (χ2v) is 4.83. The number of hydrogen-bond donors (Lipinski definition) is 2. The summed E-state index contributed by atoms with van der Waals surface area (Å²) in [7, 11) is 0. The number of nitrogens with two attached hydrogens (primary N) is 1. The Bertz CT molecular complexity index is 341. The number of ether oxygens (including phenoxy) is 1. The first-order valence-electron chi connectivity index (χ1n) is 5.57. The van der Waals surface area contributed by atoms with Crippen molar-refractivity contribution in [3.63, 3.8) is 0 Å². The number of unbranched alkanes of at least 4 members (excludes halogenated alkanes) is 1. The van der Waals surface area contributed by atoms with Crippen LogP contribution in [0.3, 0.4) is 0 Å². The second kappa shape index (κ2) is 8.30. The molecule has 0 aliphatic carbocycles. The molecule has 0 unspecified atom stereocenters. The van der Waals surface area contributed by atoms with Crippen LogP contribution >= 0.6 is 22.6 Å². The molecule has 17 heavy (non-hydrogen) atoms. The summed E-state index contributed by atoms with van der Waals surface area (Å²) >= 11 is 2.22. The number of hydrogen-bond acceptors (Lipinski definition) is 3. The van der Waals surface area contributed by atoms with Crippen molar-refractivity contribution in [3.05, 3.63) is 27.8 Å². The molecule has 0 spiro atoms. The summed E-state index contributed by atoms with van der Waals surface area (Å²) in [4.78, 5) is 11.4. The van der Waals surface area contributed by atoms with E-state index < -0.39 is 0 Å². The van der Waals surface area contributed by atoms with Gasteiger partial charge in [-0.1, -0.05) is 0 Å². The van der Waals surface area contributed by atoms with E-state index in [1.54, 1.807) is 0 Å². The Balaban J connectivity index is 2.17. The molecule has 0 aliphatic heterocycles. The Hall–Kier alpha value is -0.820. The molecule has 0 fully saturated rings. The predicted molar refractivity (Wildman–Crippen MR) is 76.0 cm³/mol. The van der Waals surface area contributed by atoms with Gasteiger partial charge in [0.2, 0.25) is 0 Å². The lowest BCUT2D eigenvalue weighted by Gasteiger charge is -2.07. The van der Waals surface area contributed by atoms with Gasteiger partial charge < -0.3 is 15.8 Å². The summed E-state index contributed by atoms with van der Waals surface area (Å²) in [6.07, 6.45) is 1.84. The molecule has 0 atom stereocenters. The van der Waals surface area contributed by atoms with Gasteiger partial charge in [0.15, 0.2) is 6.61 Å². The molecule has 0 aromatic heterocycles. The number of carbonyl (C=O) groups is 1. The molecule has 0 heterocycles. The lowest BCUT2D eigenvalue weighted by atomic mass is 10.3. The van der Waals surface area contributed by atoms with Gasteiger partial charge in [-0.05, 0) is 66.2 Å². The molecular formula is C12H17IN2O2. The molecule has 94 valence electrons. The van der Waals surface area contributed by atoms with E-state index in [1.807, 2.05) is 24.3 Å². The predicted octanol–water partition coefficient (Wildman–Crippen LogP) is 1.53. The van der Waals surface area contributed by atoms with Gasteiger partial charge in [-0.3, -0.25) is 4.79 Å². The van der Waals surface area contributed by atoms with Gasteiger partial charge in [0.1, 0.15) is 5.75 Å². The van der Waals surface area contributed by atoms with Crippen LogP contribution in [0.1, 0.15) is 12.8 Å². The quantitative estimate of drug-likeness (QED) is 0.580. The molecule has 3 N–H and O–H groups in total. The van der Waals surface area contributed by atoms with Crippen LogP contribution < -0.4 is 15.8 Å². The smallest absolute Gasteiger partial charge is 0.257 e. The standard InChI is InChI=1S/C12H17IN2O2/c13-10-3-5-11(6-4-10)17-9-12(16)15-8-2-1-7-14/h3-6H,1-2,7-9,14H2,(H,15,16). The summed E-state index contributed by atoms with van der Waals surface area (Å²) in [5, 5.41) is 2.78. The Morgan fingerprint density at radius 1 is 1.29 bits per heavy atom. The minimum Gasteiger partial charge on any atom is -0.484 e. The summed E-state index contributed by atoms with van der Waals surface area (Å²) in [6, 6.07) is 7.58. The third-order valence-electron chi connectivity index (χ3n) is 2.14.